The van der Waals surface area contributed by atoms with Crippen LogP contribution in [0.4, 0.5) is 0 Å². The molecule has 0 fully saturated rings. The van der Waals surface area contributed by atoms with E-state index in [-0.39, 0.29) is 0 Å². The Kier molecular flexibility index (Phi) is 4.64. The molecule has 13 heavy (non-hydrogen) atoms. The SMILES string of the molecule is C=CS(=O)(=O)OC(C)(CC)CCC. The Bertz CT molecular complexity index is 256. The third-order valence-electron chi connectivity index (χ3n) is 2.05. The fourth-order valence-electron chi connectivity index (χ4n) is 1.12. The van der Waals surface area contributed by atoms with Gasteiger partial charge in [-0.2, -0.15) is 8.42 Å². The van der Waals surface area contributed by atoms with E-state index in [0.29, 0.717) is 6.42 Å². The number of hydrogen-bond donors (Lipinski definition) is 0. The normalized spacial score (nSPS) is 16.5. The van der Waals surface area contributed by atoms with E-state index in [1.165, 1.54) is 0 Å². The van der Waals surface area contributed by atoms with Gasteiger partial charge >= 0.3 is 0 Å². The summed E-state index contributed by atoms with van der Waals surface area (Å²) in [5, 5.41) is 0.844. The monoisotopic (exact) mass is 206 g/mol. The van der Waals surface area contributed by atoms with E-state index in [4.69, 9.17) is 4.18 Å². The predicted molar refractivity (Wildman–Crippen MR) is 53.8 cm³/mol. The van der Waals surface area contributed by atoms with Gasteiger partial charge in [0, 0.05) is 0 Å². The maximum Gasteiger partial charge on any atom is 0.289 e. The van der Waals surface area contributed by atoms with E-state index < -0.39 is 15.7 Å². The Balaban J connectivity index is 4.53. The van der Waals surface area contributed by atoms with E-state index in [1.807, 2.05) is 13.8 Å². The number of hydrogen-bond acceptors (Lipinski definition) is 3. The molecule has 0 aliphatic carbocycles. The van der Waals surface area contributed by atoms with Crippen molar-refractivity contribution in [2.45, 2.75) is 45.6 Å². The van der Waals surface area contributed by atoms with Crippen molar-refractivity contribution < 1.29 is 12.6 Å². The lowest BCUT2D eigenvalue weighted by molar-refractivity contribution is 0.0842. The Hall–Kier alpha value is -0.350. The van der Waals surface area contributed by atoms with Crippen LogP contribution >= 0.6 is 0 Å². The van der Waals surface area contributed by atoms with Crippen molar-refractivity contribution in [3.8, 4) is 0 Å². The molecular weight excluding hydrogens is 188 g/mol. The first-order valence-corrected chi connectivity index (χ1v) is 5.94. The molecule has 0 aromatic rings. The molecule has 0 bridgehead atoms. The van der Waals surface area contributed by atoms with E-state index in [1.54, 1.807) is 6.92 Å². The van der Waals surface area contributed by atoms with E-state index in [2.05, 4.69) is 6.58 Å². The fourth-order valence-corrected chi connectivity index (χ4v) is 1.95. The van der Waals surface area contributed by atoms with Gasteiger partial charge in [0.2, 0.25) is 0 Å². The predicted octanol–water partition coefficient (Wildman–Crippen LogP) is 2.45. The summed E-state index contributed by atoms with van der Waals surface area (Å²) < 4.78 is 27.2. The van der Waals surface area contributed by atoms with Gasteiger partial charge in [-0.3, -0.25) is 4.18 Å². The van der Waals surface area contributed by atoms with E-state index in [9.17, 15) is 8.42 Å². The molecule has 0 amide bonds. The van der Waals surface area contributed by atoms with Crippen molar-refractivity contribution >= 4 is 10.1 Å². The molecule has 78 valence electrons. The minimum absolute atomic E-state index is 0.582. The highest BCUT2D eigenvalue weighted by molar-refractivity contribution is 7.89. The van der Waals surface area contributed by atoms with Crippen LogP contribution in [0.5, 0.6) is 0 Å². The van der Waals surface area contributed by atoms with Crippen molar-refractivity contribution in [1.29, 1.82) is 0 Å². The average Bonchev–Trinajstić information content (AvgIpc) is 2.04. The zero-order valence-electron chi connectivity index (χ0n) is 8.54. The van der Waals surface area contributed by atoms with Gasteiger partial charge in [0.25, 0.3) is 10.1 Å². The molecule has 4 heteroatoms. The molecule has 0 aliphatic heterocycles. The lowest BCUT2D eigenvalue weighted by Gasteiger charge is -2.26. The van der Waals surface area contributed by atoms with Crippen LogP contribution in [0, 0.1) is 0 Å². The third-order valence-corrected chi connectivity index (χ3v) is 3.09. The van der Waals surface area contributed by atoms with Gasteiger partial charge in [-0.1, -0.05) is 26.8 Å². The molecule has 0 N–H and O–H groups in total. The molecule has 0 aromatic heterocycles. The maximum absolute atomic E-state index is 11.1. The van der Waals surface area contributed by atoms with Crippen LogP contribution in [0.1, 0.15) is 40.0 Å². The molecule has 0 saturated carbocycles. The van der Waals surface area contributed by atoms with Crippen molar-refractivity contribution in [3.63, 3.8) is 0 Å². The summed E-state index contributed by atoms with van der Waals surface area (Å²) >= 11 is 0. The van der Waals surface area contributed by atoms with Crippen molar-refractivity contribution in [2.24, 2.45) is 0 Å². The molecule has 1 atom stereocenters. The van der Waals surface area contributed by atoms with Crippen LogP contribution in [0.2, 0.25) is 0 Å². The summed E-state index contributed by atoms with van der Waals surface area (Å²) in [5.74, 6) is 0. The minimum atomic E-state index is -3.55. The fraction of sp³-hybridized carbons (Fsp3) is 0.778. The quantitative estimate of drug-likeness (QED) is 0.627. The zero-order valence-corrected chi connectivity index (χ0v) is 9.36. The van der Waals surface area contributed by atoms with Gasteiger partial charge in [0.05, 0.1) is 11.0 Å². The van der Waals surface area contributed by atoms with Crippen molar-refractivity contribution in [3.05, 3.63) is 12.0 Å². The second-order valence-electron chi connectivity index (χ2n) is 3.30. The highest BCUT2D eigenvalue weighted by atomic mass is 32.2. The molecule has 0 aliphatic rings. The molecule has 0 rings (SSSR count). The lowest BCUT2D eigenvalue weighted by atomic mass is 9.98. The third kappa shape index (κ3) is 4.43. The standard InChI is InChI=1S/C9H18O3S/c1-5-8-9(4,6-2)12-13(10,11)7-3/h7H,3,5-6,8H2,1-2,4H3. The van der Waals surface area contributed by atoms with E-state index in [0.717, 1.165) is 18.2 Å². The topological polar surface area (TPSA) is 43.4 Å². The zero-order chi connectivity index (χ0) is 10.5. The summed E-state index contributed by atoms with van der Waals surface area (Å²) in [6.45, 7) is 8.91. The second-order valence-corrected chi connectivity index (χ2v) is 4.78. The highest BCUT2D eigenvalue weighted by Crippen LogP contribution is 2.24. The Morgan fingerprint density at radius 1 is 1.46 bits per heavy atom. The molecule has 0 radical (unpaired) electrons. The summed E-state index contributed by atoms with van der Waals surface area (Å²) in [5.41, 5.74) is -0.582. The lowest BCUT2D eigenvalue weighted by Crippen LogP contribution is -2.29. The Labute approximate surface area is 80.9 Å². The van der Waals surface area contributed by atoms with Gasteiger partial charge in [-0.25, -0.2) is 0 Å². The molecule has 3 nitrogen and oxygen atoms in total. The van der Waals surface area contributed by atoms with Crippen LogP contribution in [0.3, 0.4) is 0 Å². The first-order valence-electron chi connectivity index (χ1n) is 4.47. The molecule has 1 unspecified atom stereocenters. The van der Waals surface area contributed by atoms with Crippen molar-refractivity contribution in [1.82, 2.24) is 0 Å². The molecule has 0 aromatic carbocycles. The second kappa shape index (κ2) is 4.77. The van der Waals surface area contributed by atoms with Gasteiger partial charge in [-0.15, -0.1) is 0 Å². The average molecular weight is 206 g/mol. The van der Waals surface area contributed by atoms with Crippen molar-refractivity contribution in [2.75, 3.05) is 0 Å². The molecular formula is C9H18O3S. The minimum Gasteiger partial charge on any atom is -0.260 e. The van der Waals surface area contributed by atoms with Crippen LogP contribution in [-0.2, 0) is 14.3 Å². The van der Waals surface area contributed by atoms with Gasteiger partial charge in [0.1, 0.15) is 0 Å². The van der Waals surface area contributed by atoms with Crippen LogP contribution in [0.25, 0.3) is 0 Å². The van der Waals surface area contributed by atoms with Gasteiger partial charge in [0.15, 0.2) is 0 Å². The summed E-state index contributed by atoms with van der Waals surface area (Å²) in [4.78, 5) is 0. The highest BCUT2D eigenvalue weighted by Gasteiger charge is 2.27. The van der Waals surface area contributed by atoms with E-state index >= 15 is 0 Å². The van der Waals surface area contributed by atoms with Crippen LogP contribution in [-0.4, -0.2) is 14.0 Å². The molecule has 0 saturated heterocycles. The molecule has 0 spiro atoms. The van der Waals surface area contributed by atoms with Gasteiger partial charge < -0.3 is 0 Å². The van der Waals surface area contributed by atoms with Crippen LogP contribution < -0.4 is 0 Å². The first-order chi connectivity index (χ1) is 5.89. The molecule has 0 heterocycles. The Morgan fingerprint density at radius 3 is 2.31 bits per heavy atom. The summed E-state index contributed by atoms with van der Waals surface area (Å²) in [6.07, 6.45) is 2.31. The Morgan fingerprint density at radius 2 is 2.00 bits per heavy atom. The van der Waals surface area contributed by atoms with Crippen LogP contribution in [0.15, 0.2) is 12.0 Å². The smallest absolute Gasteiger partial charge is 0.260 e. The number of rotatable bonds is 6. The largest absolute Gasteiger partial charge is 0.289 e. The first kappa shape index (κ1) is 12.7. The summed E-state index contributed by atoms with van der Waals surface area (Å²) in [6, 6.07) is 0. The summed E-state index contributed by atoms with van der Waals surface area (Å²) in [7, 11) is -3.55. The maximum atomic E-state index is 11.1. The van der Waals surface area contributed by atoms with Gasteiger partial charge in [-0.05, 0) is 19.8 Å².